The Hall–Kier alpha value is -2.08. The van der Waals surface area contributed by atoms with Gasteiger partial charge >= 0.3 is 0 Å². The van der Waals surface area contributed by atoms with Gasteiger partial charge in [-0.05, 0) is 33.2 Å². The second-order valence-corrected chi connectivity index (χ2v) is 5.90. The van der Waals surface area contributed by atoms with E-state index in [1.54, 1.807) is 4.90 Å². The third kappa shape index (κ3) is 4.45. The summed E-state index contributed by atoms with van der Waals surface area (Å²) in [6.07, 6.45) is 0.244. The van der Waals surface area contributed by atoms with Gasteiger partial charge in [-0.15, -0.1) is 0 Å². The van der Waals surface area contributed by atoms with Crippen molar-refractivity contribution in [3.8, 4) is 5.75 Å². The fraction of sp³-hybridized carbons (Fsp3) is 0.529. The van der Waals surface area contributed by atoms with Gasteiger partial charge in [0.15, 0.2) is 0 Å². The molecule has 0 bridgehead atoms. The molecule has 2 rings (SSSR count). The van der Waals surface area contributed by atoms with Gasteiger partial charge in [0.1, 0.15) is 5.75 Å². The van der Waals surface area contributed by atoms with Gasteiger partial charge in [-0.25, -0.2) is 0 Å². The highest BCUT2D eigenvalue weighted by Crippen LogP contribution is 2.33. The molecule has 0 saturated carbocycles. The van der Waals surface area contributed by atoms with E-state index in [9.17, 15) is 9.59 Å². The maximum absolute atomic E-state index is 12.3. The quantitative estimate of drug-likeness (QED) is 0.818. The van der Waals surface area contributed by atoms with Crippen LogP contribution in [0.4, 0.5) is 5.69 Å². The summed E-state index contributed by atoms with van der Waals surface area (Å²) in [6, 6.07) is 7.45. The van der Waals surface area contributed by atoms with E-state index in [0.29, 0.717) is 25.4 Å². The van der Waals surface area contributed by atoms with Gasteiger partial charge in [0.25, 0.3) is 0 Å². The van der Waals surface area contributed by atoms with Crippen LogP contribution in [-0.4, -0.2) is 57.1 Å². The summed E-state index contributed by atoms with van der Waals surface area (Å²) < 4.78 is 5.58. The van der Waals surface area contributed by atoms with E-state index in [-0.39, 0.29) is 24.2 Å². The second-order valence-electron chi connectivity index (χ2n) is 5.90. The van der Waals surface area contributed by atoms with E-state index in [2.05, 4.69) is 5.32 Å². The van der Waals surface area contributed by atoms with Crippen molar-refractivity contribution in [1.82, 2.24) is 10.2 Å². The molecule has 6 nitrogen and oxygen atoms in total. The predicted octanol–water partition coefficient (Wildman–Crippen LogP) is 1.12. The van der Waals surface area contributed by atoms with Gasteiger partial charge in [-0.2, -0.15) is 0 Å². The summed E-state index contributed by atoms with van der Waals surface area (Å²) in [5, 5.41) is 2.90. The first-order valence-corrected chi connectivity index (χ1v) is 7.97. The molecule has 1 N–H and O–H groups in total. The molecule has 1 unspecified atom stereocenters. The van der Waals surface area contributed by atoms with Crippen LogP contribution in [-0.2, 0) is 9.59 Å². The van der Waals surface area contributed by atoms with Crippen molar-refractivity contribution in [2.45, 2.75) is 13.3 Å². The molecule has 0 spiro atoms. The van der Waals surface area contributed by atoms with Crippen LogP contribution in [0.5, 0.6) is 5.75 Å². The van der Waals surface area contributed by atoms with Crippen LogP contribution < -0.4 is 15.0 Å². The molecule has 1 fully saturated rings. The van der Waals surface area contributed by atoms with E-state index in [1.807, 2.05) is 50.2 Å². The number of amides is 2. The minimum atomic E-state index is -0.306. The summed E-state index contributed by atoms with van der Waals surface area (Å²) in [5.74, 6) is 0.276. The number of ether oxygens (including phenoxy) is 1. The van der Waals surface area contributed by atoms with E-state index in [4.69, 9.17) is 4.74 Å². The Bertz CT molecular complexity index is 560. The first-order valence-electron chi connectivity index (χ1n) is 7.97. The van der Waals surface area contributed by atoms with Crippen LogP contribution in [0.3, 0.4) is 0 Å². The number of likely N-dealkylation sites (N-methyl/N-ethyl adjacent to an activating group) is 1. The Kier molecular flexibility index (Phi) is 5.98. The lowest BCUT2D eigenvalue weighted by atomic mass is 10.1. The summed E-state index contributed by atoms with van der Waals surface area (Å²) >= 11 is 0. The van der Waals surface area contributed by atoms with Crippen molar-refractivity contribution in [2.24, 2.45) is 5.92 Å². The lowest BCUT2D eigenvalue weighted by molar-refractivity contribution is -0.126. The largest absolute Gasteiger partial charge is 0.492 e. The summed E-state index contributed by atoms with van der Waals surface area (Å²) in [6.45, 7) is 4.21. The topological polar surface area (TPSA) is 61.9 Å². The average Bonchev–Trinajstić information content (AvgIpc) is 2.89. The number of benzene rings is 1. The van der Waals surface area contributed by atoms with Gasteiger partial charge in [-0.3, -0.25) is 9.59 Å². The maximum Gasteiger partial charge on any atom is 0.227 e. The molecule has 0 radical (unpaired) electrons. The Morgan fingerprint density at radius 1 is 1.39 bits per heavy atom. The third-order valence-electron chi connectivity index (χ3n) is 3.81. The fourth-order valence-corrected chi connectivity index (χ4v) is 2.62. The van der Waals surface area contributed by atoms with Crippen LogP contribution in [0, 0.1) is 5.92 Å². The van der Waals surface area contributed by atoms with Crippen LogP contribution in [0.15, 0.2) is 24.3 Å². The molecule has 1 heterocycles. The van der Waals surface area contributed by atoms with Crippen molar-refractivity contribution in [1.29, 1.82) is 0 Å². The molecule has 1 saturated heterocycles. The molecule has 1 atom stereocenters. The van der Waals surface area contributed by atoms with Crippen molar-refractivity contribution < 1.29 is 14.3 Å². The molecule has 0 aromatic heterocycles. The number of para-hydroxylation sites is 2. The fourth-order valence-electron chi connectivity index (χ4n) is 2.62. The summed E-state index contributed by atoms with van der Waals surface area (Å²) in [7, 11) is 3.91. The molecule has 126 valence electrons. The SMILES string of the molecule is CCOc1ccccc1N1CC(C(=O)NCCN(C)C)CC1=O. The molecule has 1 aromatic rings. The number of hydrogen-bond acceptors (Lipinski definition) is 4. The van der Waals surface area contributed by atoms with Gasteiger partial charge in [0.2, 0.25) is 11.8 Å². The van der Waals surface area contributed by atoms with E-state index >= 15 is 0 Å². The zero-order valence-corrected chi connectivity index (χ0v) is 14.0. The lowest BCUT2D eigenvalue weighted by Crippen LogP contribution is -2.36. The molecule has 1 aromatic carbocycles. The summed E-state index contributed by atoms with van der Waals surface area (Å²) in [4.78, 5) is 28.2. The molecule has 23 heavy (non-hydrogen) atoms. The molecule has 0 aliphatic carbocycles. The minimum absolute atomic E-state index is 0.0371. The summed E-state index contributed by atoms with van der Waals surface area (Å²) in [5.41, 5.74) is 0.739. The smallest absolute Gasteiger partial charge is 0.227 e. The highest BCUT2D eigenvalue weighted by molar-refractivity contribution is 6.01. The maximum atomic E-state index is 12.3. The number of nitrogens with one attached hydrogen (secondary N) is 1. The average molecular weight is 319 g/mol. The Labute approximate surface area is 137 Å². The Morgan fingerprint density at radius 2 is 2.13 bits per heavy atom. The minimum Gasteiger partial charge on any atom is -0.492 e. The van der Waals surface area contributed by atoms with Crippen LogP contribution in [0.2, 0.25) is 0 Å². The first kappa shape index (κ1) is 17.3. The van der Waals surface area contributed by atoms with Crippen molar-refractivity contribution in [2.75, 3.05) is 45.2 Å². The molecule has 2 amide bonds. The van der Waals surface area contributed by atoms with Gasteiger partial charge < -0.3 is 19.9 Å². The highest BCUT2D eigenvalue weighted by Gasteiger charge is 2.36. The standard InChI is InChI=1S/C17H25N3O3/c1-4-23-15-8-6-5-7-14(15)20-12-13(11-16(20)21)17(22)18-9-10-19(2)3/h5-8,13H,4,9-12H2,1-3H3,(H,18,22). The molecular weight excluding hydrogens is 294 g/mol. The zero-order valence-electron chi connectivity index (χ0n) is 14.0. The van der Waals surface area contributed by atoms with Crippen LogP contribution in [0.1, 0.15) is 13.3 Å². The van der Waals surface area contributed by atoms with E-state index in [0.717, 1.165) is 12.2 Å². The number of rotatable bonds is 7. The van der Waals surface area contributed by atoms with Gasteiger partial charge in [0, 0.05) is 26.1 Å². The monoisotopic (exact) mass is 319 g/mol. The Morgan fingerprint density at radius 3 is 2.83 bits per heavy atom. The number of nitrogens with zero attached hydrogens (tertiary/aromatic N) is 2. The number of carbonyl (C=O) groups is 2. The Balaban J connectivity index is 2.01. The van der Waals surface area contributed by atoms with Crippen LogP contribution in [0.25, 0.3) is 0 Å². The molecule has 1 aliphatic rings. The third-order valence-corrected chi connectivity index (χ3v) is 3.81. The molecule has 1 aliphatic heterocycles. The zero-order chi connectivity index (χ0) is 16.8. The lowest BCUT2D eigenvalue weighted by Gasteiger charge is -2.20. The van der Waals surface area contributed by atoms with Gasteiger partial charge in [0.05, 0.1) is 18.2 Å². The number of hydrogen-bond donors (Lipinski definition) is 1. The normalized spacial score (nSPS) is 17.7. The van der Waals surface area contributed by atoms with Crippen LogP contribution >= 0.6 is 0 Å². The number of anilines is 1. The van der Waals surface area contributed by atoms with Crippen molar-refractivity contribution >= 4 is 17.5 Å². The number of carbonyl (C=O) groups excluding carboxylic acids is 2. The predicted molar refractivity (Wildman–Crippen MR) is 89.6 cm³/mol. The second kappa shape index (κ2) is 7.97. The van der Waals surface area contributed by atoms with E-state index in [1.165, 1.54) is 0 Å². The first-order chi connectivity index (χ1) is 11.0. The molecular formula is C17H25N3O3. The molecule has 6 heteroatoms. The van der Waals surface area contributed by atoms with Gasteiger partial charge in [-0.1, -0.05) is 12.1 Å². The van der Waals surface area contributed by atoms with E-state index < -0.39 is 0 Å². The van der Waals surface area contributed by atoms with Crippen molar-refractivity contribution in [3.05, 3.63) is 24.3 Å². The highest BCUT2D eigenvalue weighted by atomic mass is 16.5. The van der Waals surface area contributed by atoms with Crippen molar-refractivity contribution in [3.63, 3.8) is 0 Å².